The van der Waals surface area contributed by atoms with Crippen molar-refractivity contribution >= 4 is 11.8 Å². The van der Waals surface area contributed by atoms with Crippen LogP contribution in [-0.2, 0) is 6.42 Å². The van der Waals surface area contributed by atoms with Gasteiger partial charge in [-0.05, 0) is 24.8 Å². The molecule has 0 radical (unpaired) electrons. The summed E-state index contributed by atoms with van der Waals surface area (Å²) < 4.78 is 35.3. The van der Waals surface area contributed by atoms with Gasteiger partial charge in [0.05, 0.1) is 0 Å². The smallest absolute Gasteiger partial charge is 0.160 e. The lowest BCUT2D eigenvalue weighted by Crippen LogP contribution is -2.01. The van der Waals surface area contributed by atoms with Gasteiger partial charge in [0.2, 0.25) is 0 Å². The van der Waals surface area contributed by atoms with Crippen molar-refractivity contribution in [2.45, 2.75) is 24.8 Å². The summed E-state index contributed by atoms with van der Waals surface area (Å²) in [6.07, 6.45) is 2.28. The van der Waals surface area contributed by atoms with Gasteiger partial charge in [-0.2, -0.15) is 13.2 Å². The van der Waals surface area contributed by atoms with Crippen LogP contribution in [0.1, 0.15) is 18.4 Å². The molecule has 84 valence electrons. The SMILES string of the molecule is FC(F)(F)SCCCCc1ccccc1. The lowest BCUT2D eigenvalue weighted by Gasteiger charge is -2.05. The number of rotatable bonds is 5. The minimum Gasteiger partial charge on any atom is -0.160 e. The van der Waals surface area contributed by atoms with Crippen LogP contribution in [0.15, 0.2) is 30.3 Å². The van der Waals surface area contributed by atoms with E-state index in [9.17, 15) is 13.2 Å². The van der Waals surface area contributed by atoms with Crippen molar-refractivity contribution in [3.05, 3.63) is 35.9 Å². The molecule has 0 heterocycles. The molecule has 1 rings (SSSR count). The van der Waals surface area contributed by atoms with Gasteiger partial charge in [0, 0.05) is 5.75 Å². The number of aryl methyl sites for hydroxylation is 1. The van der Waals surface area contributed by atoms with Gasteiger partial charge < -0.3 is 0 Å². The van der Waals surface area contributed by atoms with Crippen molar-refractivity contribution in [3.8, 4) is 0 Å². The minimum atomic E-state index is -4.08. The fraction of sp³-hybridized carbons (Fsp3) is 0.455. The molecule has 0 fully saturated rings. The second kappa shape index (κ2) is 6.05. The van der Waals surface area contributed by atoms with Crippen LogP contribution in [-0.4, -0.2) is 11.3 Å². The molecule has 1 aromatic rings. The zero-order valence-electron chi connectivity index (χ0n) is 8.26. The van der Waals surface area contributed by atoms with E-state index in [-0.39, 0.29) is 17.5 Å². The Morgan fingerprint density at radius 2 is 1.67 bits per heavy atom. The Labute approximate surface area is 91.9 Å². The molecule has 0 nitrogen and oxygen atoms in total. The van der Waals surface area contributed by atoms with Crippen molar-refractivity contribution in [1.29, 1.82) is 0 Å². The Balaban J connectivity index is 2.08. The van der Waals surface area contributed by atoms with E-state index in [0.29, 0.717) is 6.42 Å². The molecule has 0 saturated heterocycles. The lowest BCUT2D eigenvalue weighted by molar-refractivity contribution is -0.0328. The first-order valence-electron chi connectivity index (χ1n) is 4.82. The van der Waals surface area contributed by atoms with Crippen LogP contribution in [0.5, 0.6) is 0 Å². The molecule has 0 aliphatic rings. The number of hydrogen-bond donors (Lipinski definition) is 0. The van der Waals surface area contributed by atoms with Gasteiger partial charge in [-0.3, -0.25) is 0 Å². The third-order valence-electron chi connectivity index (χ3n) is 1.97. The topological polar surface area (TPSA) is 0 Å². The average molecular weight is 234 g/mol. The van der Waals surface area contributed by atoms with E-state index in [0.717, 1.165) is 12.8 Å². The summed E-state index contributed by atoms with van der Waals surface area (Å²) >= 11 is 0.0687. The molecular formula is C11H13F3S. The number of alkyl halides is 3. The molecule has 0 bridgehead atoms. The summed E-state index contributed by atoms with van der Waals surface area (Å²) in [4.78, 5) is 0. The lowest BCUT2D eigenvalue weighted by atomic mass is 10.1. The van der Waals surface area contributed by atoms with Crippen molar-refractivity contribution in [1.82, 2.24) is 0 Å². The van der Waals surface area contributed by atoms with Crippen LogP contribution >= 0.6 is 11.8 Å². The highest BCUT2D eigenvalue weighted by Gasteiger charge is 2.27. The third kappa shape index (κ3) is 6.44. The van der Waals surface area contributed by atoms with E-state index in [1.54, 1.807) is 0 Å². The van der Waals surface area contributed by atoms with Gasteiger partial charge in [0.25, 0.3) is 0 Å². The monoisotopic (exact) mass is 234 g/mol. The standard InChI is InChI=1S/C11H13F3S/c12-11(13,14)15-9-5-4-8-10-6-2-1-3-7-10/h1-3,6-7H,4-5,8-9H2. The van der Waals surface area contributed by atoms with Crippen LogP contribution in [0.4, 0.5) is 13.2 Å². The van der Waals surface area contributed by atoms with Gasteiger partial charge in [-0.1, -0.05) is 42.1 Å². The maximum absolute atomic E-state index is 11.8. The molecule has 1 aromatic carbocycles. The summed E-state index contributed by atoms with van der Waals surface area (Å²) in [6.45, 7) is 0. The van der Waals surface area contributed by atoms with Crippen molar-refractivity contribution in [2.75, 3.05) is 5.75 Å². The molecule has 0 aromatic heterocycles. The molecule has 0 atom stereocenters. The third-order valence-corrected chi connectivity index (χ3v) is 2.79. The van der Waals surface area contributed by atoms with Crippen LogP contribution < -0.4 is 0 Å². The van der Waals surface area contributed by atoms with E-state index >= 15 is 0 Å². The molecule has 0 saturated carbocycles. The van der Waals surface area contributed by atoms with Crippen molar-refractivity contribution in [3.63, 3.8) is 0 Å². The summed E-state index contributed by atoms with van der Waals surface area (Å²) in [7, 11) is 0. The summed E-state index contributed by atoms with van der Waals surface area (Å²) in [6, 6.07) is 9.82. The Kier molecular flexibility index (Phi) is 5.02. The Morgan fingerprint density at radius 1 is 1.00 bits per heavy atom. The fourth-order valence-corrected chi connectivity index (χ4v) is 1.84. The summed E-state index contributed by atoms with van der Waals surface area (Å²) in [5, 5.41) is 0. The van der Waals surface area contributed by atoms with E-state index in [4.69, 9.17) is 0 Å². The van der Waals surface area contributed by atoms with Crippen LogP contribution in [0.3, 0.4) is 0 Å². The first kappa shape index (κ1) is 12.4. The normalized spacial score (nSPS) is 11.7. The molecule has 0 aliphatic heterocycles. The zero-order valence-corrected chi connectivity index (χ0v) is 9.07. The van der Waals surface area contributed by atoms with Crippen molar-refractivity contribution < 1.29 is 13.2 Å². The Hall–Kier alpha value is -0.640. The van der Waals surface area contributed by atoms with Gasteiger partial charge in [-0.25, -0.2) is 0 Å². The zero-order chi connectivity index (χ0) is 11.1. The fourth-order valence-electron chi connectivity index (χ4n) is 1.26. The average Bonchev–Trinajstić information content (AvgIpc) is 2.17. The predicted octanol–water partition coefficient (Wildman–Crippen LogP) is 4.26. The highest BCUT2D eigenvalue weighted by atomic mass is 32.2. The molecule has 0 aliphatic carbocycles. The first-order chi connectivity index (χ1) is 7.08. The molecule has 15 heavy (non-hydrogen) atoms. The minimum absolute atomic E-state index is 0.0687. The van der Waals surface area contributed by atoms with Gasteiger partial charge >= 0.3 is 5.51 Å². The van der Waals surface area contributed by atoms with Crippen molar-refractivity contribution in [2.24, 2.45) is 0 Å². The molecule has 0 unspecified atom stereocenters. The number of halogens is 3. The Morgan fingerprint density at radius 3 is 2.27 bits per heavy atom. The van der Waals surface area contributed by atoms with E-state index < -0.39 is 5.51 Å². The van der Waals surface area contributed by atoms with E-state index in [1.165, 1.54) is 5.56 Å². The van der Waals surface area contributed by atoms with E-state index in [2.05, 4.69) is 0 Å². The number of benzene rings is 1. The second-order valence-electron chi connectivity index (χ2n) is 3.24. The molecule has 4 heteroatoms. The molecule has 0 N–H and O–H groups in total. The highest BCUT2D eigenvalue weighted by molar-refractivity contribution is 8.00. The van der Waals surface area contributed by atoms with Gasteiger partial charge in [-0.15, -0.1) is 0 Å². The molecular weight excluding hydrogens is 221 g/mol. The van der Waals surface area contributed by atoms with Crippen LogP contribution in [0.2, 0.25) is 0 Å². The predicted molar refractivity (Wildman–Crippen MR) is 57.9 cm³/mol. The summed E-state index contributed by atoms with van der Waals surface area (Å²) in [5.74, 6) is 0.163. The maximum Gasteiger partial charge on any atom is 0.441 e. The van der Waals surface area contributed by atoms with Gasteiger partial charge in [0.15, 0.2) is 0 Å². The largest absolute Gasteiger partial charge is 0.441 e. The molecule has 0 spiro atoms. The highest BCUT2D eigenvalue weighted by Crippen LogP contribution is 2.30. The number of thioether (sulfide) groups is 1. The van der Waals surface area contributed by atoms with Crippen LogP contribution in [0.25, 0.3) is 0 Å². The maximum atomic E-state index is 11.8. The molecule has 0 amide bonds. The Bertz CT molecular complexity index is 269. The summed E-state index contributed by atoms with van der Waals surface area (Å²) in [5.41, 5.74) is -2.89. The quantitative estimate of drug-likeness (QED) is 0.686. The van der Waals surface area contributed by atoms with Gasteiger partial charge in [0.1, 0.15) is 0 Å². The van der Waals surface area contributed by atoms with Crippen LogP contribution in [0, 0.1) is 0 Å². The number of unbranched alkanes of at least 4 members (excludes halogenated alkanes) is 1. The second-order valence-corrected chi connectivity index (χ2v) is 4.40. The first-order valence-corrected chi connectivity index (χ1v) is 5.81. The van der Waals surface area contributed by atoms with E-state index in [1.807, 2.05) is 30.3 Å². The number of hydrogen-bond acceptors (Lipinski definition) is 1.